The molecule has 19 heavy (non-hydrogen) atoms. The Morgan fingerprint density at radius 2 is 1.95 bits per heavy atom. The molecule has 0 saturated carbocycles. The number of benzene rings is 1. The van der Waals surface area contributed by atoms with E-state index < -0.39 is 8.32 Å². The maximum absolute atomic E-state index is 6.09. The molecule has 0 aliphatic heterocycles. The first-order valence-electron chi connectivity index (χ1n) is 6.35. The predicted molar refractivity (Wildman–Crippen MR) is 86.0 cm³/mol. The standard InChI is InChI=1S/C15H19NOSSi/c1-19(2,3)17-15-9-5-4-7-13(15)11-16-12-14-8-6-10-18-14/h4-10,12H,11H2,1-3H3/b16-12-. The summed E-state index contributed by atoms with van der Waals surface area (Å²) in [6.07, 6.45) is 1.93. The third-order valence-corrected chi connectivity index (χ3v) is 4.05. The van der Waals surface area contributed by atoms with E-state index in [9.17, 15) is 0 Å². The molecule has 0 saturated heterocycles. The van der Waals surface area contributed by atoms with Crippen molar-refractivity contribution in [3.63, 3.8) is 0 Å². The molecule has 0 unspecified atom stereocenters. The van der Waals surface area contributed by atoms with Crippen LogP contribution in [0.25, 0.3) is 0 Å². The molecule has 1 aromatic heterocycles. The third-order valence-electron chi connectivity index (χ3n) is 2.41. The van der Waals surface area contributed by atoms with Gasteiger partial charge in [-0.1, -0.05) is 24.3 Å². The lowest BCUT2D eigenvalue weighted by molar-refractivity contribution is 0.549. The van der Waals surface area contributed by atoms with Crippen LogP contribution in [0.5, 0.6) is 5.75 Å². The van der Waals surface area contributed by atoms with Gasteiger partial charge >= 0.3 is 0 Å². The smallest absolute Gasteiger partial charge is 0.242 e. The maximum atomic E-state index is 6.09. The van der Waals surface area contributed by atoms with Crippen molar-refractivity contribution in [3.8, 4) is 5.75 Å². The van der Waals surface area contributed by atoms with Gasteiger partial charge in [-0.3, -0.25) is 4.99 Å². The molecule has 0 spiro atoms. The van der Waals surface area contributed by atoms with Crippen molar-refractivity contribution in [2.45, 2.75) is 26.2 Å². The van der Waals surface area contributed by atoms with Crippen LogP contribution in [-0.4, -0.2) is 14.5 Å². The lowest BCUT2D eigenvalue weighted by Gasteiger charge is -2.21. The molecule has 0 radical (unpaired) electrons. The van der Waals surface area contributed by atoms with Gasteiger partial charge in [-0.15, -0.1) is 11.3 Å². The average molecular weight is 289 g/mol. The monoisotopic (exact) mass is 289 g/mol. The highest BCUT2D eigenvalue weighted by molar-refractivity contribution is 7.11. The normalized spacial score (nSPS) is 11.9. The fourth-order valence-corrected chi connectivity index (χ4v) is 3.13. The zero-order valence-corrected chi connectivity index (χ0v) is 13.4. The number of nitrogens with zero attached hydrogens (tertiary/aromatic N) is 1. The van der Waals surface area contributed by atoms with Crippen molar-refractivity contribution in [3.05, 3.63) is 52.2 Å². The van der Waals surface area contributed by atoms with Gasteiger partial charge in [-0.05, 0) is 37.2 Å². The number of rotatable bonds is 5. The summed E-state index contributed by atoms with van der Waals surface area (Å²) in [4.78, 5) is 5.68. The molecule has 0 aliphatic rings. The number of hydrogen-bond donors (Lipinski definition) is 0. The molecule has 1 heterocycles. The second-order valence-corrected chi connectivity index (χ2v) is 10.7. The van der Waals surface area contributed by atoms with Crippen LogP contribution in [0, 0.1) is 0 Å². The minimum Gasteiger partial charge on any atom is -0.544 e. The van der Waals surface area contributed by atoms with Crippen molar-refractivity contribution < 1.29 is 4.43 Å². The molecule has 2 nitrogen and oxygen atoms in total. The van der Waals surface area contributed by atoms with Gasteiger partial charge in [-0.2, -0.15) is 0 Å². The van der Waals surface area contributed by atoms with E-state index in [1.165, 1.54) is 4.88 Å². The van der Waals surface area contributed by atoms with Crippen molar-refractivity contribution in [1.29, 1.82) is 0 Å². The van der Waals surface area contributed by atoms with Crippen LogP contribution in [0.3, 0.4) is 0 Å². The van der Waals surface area contributed by atoms with E-state index in [0.29, 0.717) is 6.54 Å². The summed E-state index contributed by atoms with van der Waals surface area (Å²) in [6.45, 7) is 7.24. The molecular formula is C15H19NOSSi. The van der Waals surface area contributed by atoms with Gasteiger partial charge in [0.25, 0.3) is 0 Å². The largest absolute Gasteiger partial charge is 0.544 e. The van der Waals surface area contributed by atoms with Gasteiger partial charge in [0.2, 0.25) is 8.32 Å². The first-order valence-corrected chi connectivity index (χ1v) is 10.6. The summed E-state index contributed by atoms with van der Waals surface area (Å²) in [5, 5.41) is 2.06. The molecule has 4 heteroatoms. The van der Waals surface area contributed by atoms with Gasteiger partial charge in [0.05, 0.1) is 6.54 Å². The molecule has 0 amide bonds. The topological polar surface area (TPSA) is 21.6 Å². The quantitative estimate of drug-likeness (QED) is 0.583. The molecule has 0 bridgehead atoms. The van der Waals surface area contributed by atoms with Crippen LogP contribution in [0.2, 0.25) is 19.6 Å². The van der Waals surface area contributed by atoms with Gasteiger partial charge < -0.3 is 4.43 Å². The summed E-state index contributed by atoms with van der Waals surface area (Å²) < 4.78 is 6.09. The second-order valence-electron chi connectivity index (χ2n) is 5.31. The van der Waals surface area contributed by atoms with Crippen LogP contribution in [0.1, 0.15) is 10.4 Å². The Hall–Kier alpha value is -1.39. The Morgan fingerprint density at radius 3 is 2.63 bits per heavy atom. The average Bonchev–Trinajstić information content (AvgIpc) is 2.82. The van der Waals surface area contributed by atoms with E-state index >= 15 is 0 Å². The minimum atomic E-state index is -1.57. The first-order chi connectivity index (χ1) is 9.04. The third kappa shape index (κ3) is 4.65. The zero-order chi connectivity index (χ0) is 13.7. The highest BCUT2D eigenvalue weighted by Crippen LogP contribution is 2.22. The zero-order valence-electron chi connectivity index (χ0n) is 11.6. The van der Waals surface area contributed by atoms with Crippen molar-refractivity contribution >= 4 is 25.9 Å². The fraction of sp³-hybridized carbons (Fsp3) is 0.267. The lowest BCUT2D eigenvalue weighted by atomic mass is 10.2. The van der Waals surface area contributed by atoms with Gasteiger partial charge in [0, 0.05) is 16.7 Å². The molecule has 100 valence electrons. The van der Waals surface area contributed by atoms with Crippen LogP contribution < -0.4 is 4.43 Å². The summed E-state index contributed by atoms with van der Waals surface area (Å²) in [6, 6.07) is 12.3. The fourth-order valence-electron chi connectivity index (χ4n) is 1.66. The second kappa shape index (κ2) is 6.17. The van der Waals surface area contributed by atoms with E-state index in [1.54, 1.807) is 11.3 Å². The van der Waals surface area contributed by atoms with Crippen LogP contribution in [-0.2, 0) is 6.54 Å². The number of hydrogen-bond acceptors (Lipinski definition) is 3. The lowest BCUT2D eigenvalue weighted by Crippen LogP contribution is -2.29. The van der Waals surface area contributed by atoms with Crippen LogP contribution in [0.15, 0.2) is 46.8 Å². The van der Waals surface area contributed by atoms with E-state index in [2.05, 4.69) is 42.1 Å². The Morgan fingerprint density at radius 1 is 1.16 bits per heavy atom. The molecule has 0 N–H and O–H groups in total. The highest BCUT2D eigenvalue weighted by atomic mass is 32.1. The van der Waals surface area contributed by atoms with Crippen molar-refractivity contribution in [2.24, 2.45) is 4.99 Å². The van der Waals surface area contributed by atoms with Gasteiger partial charge in [0.1, 0.15) is 5.75 Å². The van der Waals surface area contributed by atoms with Gasteiger partial charge in [0.15, 0.2) is 0 Å². The van der Waals surface area contributed by atoms with Crippen LogP contribution in [0.4, 0.5) is 0 Å². The van der Waals surface area contributed by atoms with E-state index in [-0.39, 0.29) is 0 Å². The summed E-state index contributed by atoms with van der Waals surface area (Å²) in [7, 11) is -1.57. The Bertz CT molecular complexity index is 544. The molecule has 2 aromatic rings. The molecular weight excluding hydrogens is 270 g/mol. The SMILES string of the molecule is C[Si](C)(C)Oc1ccccc1C/N=C\c1cccs1. The van der Waals surface area contributed by atoms with E-state index in [0.717, 1.165) is 11.3 Å². The van der Waals surface area contributed by atoms with Gasteiger partial charge in [-0.25, -0.2) is 0 Å². The summed E-state index contributed by atoms with van der Waals surface area (Å²) in [5.41, 5.74) is 1.15. The number of aliphatic imine (C=N–C) groups is 1. The summed E-state index contributed by atoms with van der Waals surface area (Å²) >= 11 is 1.70. The number of para-hydroxylation sites is 1. The first kappa shape index (κ1) is 14.0. The van der Waals surface area contributed by atoms with E-state index in [4.69, 9.17) is 4.43 Å². The molecule has 1 aromatic carbocycles. The minimum absolute atomic E-state index is 0.665. The Kier molecular flexibility index (Phi) is 4.55. The van der Waals surface area contributed by atoms with E-state index in [1.807, 2.05) is 30.5 Å². The molecule has 2 rings (SSSR count). The maximum Gasteiger partial charge on any atom is 0.242 e. The molecule has 0 fully saturated rings. The molecule has 0 aliphatic carbocycles. The van der Waals surface area contributed by atoms with Crippen molar-refractivity contribution in [2.75, 3.05) is 0 Å². The number of thiophene rings is 1. The predicted octanol–water partition coefficient (Wildman–Crippen LogP) is 4.58. The van der Waals surface area contributed by atoms with Crippen LogP contribution >= 0.6 is 11.3 Å². The molecule has 0 atom stereocenters. The van der Waals surface area contributed by atoms with Crippen molar-refractivity contribution in [1.82, 2.24) is 0 Å². The Labute approximate surface area is 119 Å². The Balaban J connectivity index is 2.08. The highest BCUT2D eigenvalue weighted by Gasteiger charge is 2.17. The summed E-state index contributed by atoms with van der Waals surface area (Å²) in [5.74, 6) is 0.977.